The van der Waals surface area contributed by atoms with Gasteiger partial charge in [0, 0.05) is 39.3 Å². The number of hydrogen-bond donors (Lipinski definition) is 2. The predicted molar refractivity (Wildman–Crippen MR) is 114 cm³/mol. The second-order valence-electron chi connectivity index (χ2n) is 5.05. The van der Waals surface area contributed by atoms with Crippen molar-refractivity contribution in [1.29, 1.82) is 0 Å². The van der Waals surface area contributed by atoms with Crippen LogP contribution >= 0.6 is 0 Å². The van der Waals surface area contributed by atoms with Crippen LogP contribution in [0.2, 0.25) is 0 Å². The lowest BCUT2D eigenvalue weighted by Crippen LogP contribution is -2.42. The molecule has 0 saturated carbocycles. The van der Waals surface area contributed by atoms with Gasteiger partial charge in [0.2, 0.25) is 18.2 Å². The number of carbonyl (C=O) groups is 4. The molecule has 158 valence electrons. The standard InChI is InChI=1S/C14H24N4O3.C3H4O.C3H6/c1-4-13(20)16-7-8-17(12-19)10-11-18(9-6-15-3)14(21)5-2;1-2-3-4;1-3-2/h4-5,12,15H,1-2,6-11H2,3H3,(H,16,20);2-3H,1H2;3H,1H2,2H3. The summed E-state index contributed by atoms with van der Waals surface area (Å²) in [4.78, 5) is 45.8. The Morgan fingerprint density at radius 2 is 1.50 bits per heavy atom. The Balaban J connectivity index is -0.000000766. The van der Waals surface area contributed by atoms with Crippen LogP contribution in [0.4, 0.5) is 0 Å². The average Bonchev–Trinajstić information content (AvgIpc) is 2.72. The minimum Gasteiger partial charge on any atom is -0.351 e. The summed E-state index contributed by atoms with van der Waals surface area (Å²) in [6.45, 7) is 17.9. The van der Waals surface area contributed by atoms with Crippen LogP contribution in [0.15, 0.2) is 50.6 Å². The van der Waals surface area contributed by atoms with Crippen molar-refractivity contribution < 1.29 is 19.2 Å². The van der Waals surface area contributed by atoms with Crippen LogP contribution < -0.4 is 10.6 Å². The average molecular weight is 395 g/mol. The Morgan fingerprint density at radius 3 is 1.89 bits per heavy atom. The second kappa shape index (κ2) is 24.0. The van der Waals surface area contributed by atoms with Crippen LogP contribution in [-0.4, -0.2) is 80.6 Å². The number of hydrogen-bond acceptors (Lipinski definition) is 5. The fourth-order valence-corrected chi connectivity index (χ4v) is 1.57. The molecule has 0 spiro atoms. The minimum atomic E-state index is -0.279. The third kappa shape index (κ3) is 21.0. The number of carbonyl (C=O) groups excluding carboxylic acids is 4. The molecule has 0 heterocycles. The number of nitrogens with one attached hydrogen (secondary N) is 2. The first-order valence-electron chi connectivity index (χ1n) is 8.70. The van der Waals surface area contributed by atoms with Gasteiger partial charge in [0.05, 0.1) is 0 Å². The molecule has 3 amide bonds. The van der Waals surface area contributed by atoms with Gasteiger partial charge in [-0.05, 0) is 32.2 Å². The number of allylic oxidation sites excluding steroid dienone is 2. The molecule has 0 aliphatic carbocycles. The molecule has 0 aromatic heterocycles. The van der Waals surface area contributed by atoms with Crippen LogP contribution in [0, 0.1) is 0 Å². The number of likely N-dealkylation sites (N-methyl/N-ethyl adjacent to an activating group) is 1. The van der Waals surface area contributed by atoms with Gasteiger partial charge >= 0.3 is 0 Å². The number of rotatable bonds is 13. The third-order valence-corrected chi connectivity index (χ3v) is 2.90. The van der Waals surface area contributed by atoms with E-state index in [1.165, 1.54) is 23.1 Å². The van der Waals surface area contributed by atoms with Crippen molar-refractivity contribution in [3.63, 3.8) is 0 Å². The summed E-state index contributed by atoms with van der Waals surface area (Å²) in [7, 11) is 1.80. The van der Waals surface area contributed by atoms with Crippen molar-refractivity contribution in [3.05, 3.63) is 50.6 Å². The smallest absolute Gasteiger partial charge is 0.246 e. The molecule has 8 nitrogen and oxygen atoms in total. The minimum absolute atomic E-state index is 0.170. The Morgan fingerprint density at radius 1 is 0.929 bits per heavy atom. The maximum Gasteiger partial charge on any atom is 0.246 e. The predicted octanol–water partition coefficient (Wildman–Crippen LogP) is 0.545. The molecule has 0 aromatic carbocycles. The highest BCUT2D eigenvalue weighted by molar-refractivity contribution is 5.87. The van der Waals surface area contributed by atoms with E-state index in [0.717, 1.165) is 0 Å². The summed E-state index contributed by atoms with van der Waals surface area (Å²) in [5, 5.41) is 5.55. The zero-order valence-electron chi connectivity index (χ0n) is 17.1. The van der Waals surface area contributed by atoms with E-state index in [9.17, 15) is 14.4 Å². The highest BCUT2D eigenvalue weighted by Crippen LogP contribution is 1.93. The number of nitrogens with zero attached hydrogens (tertiary/aromatic N) is 2. The molecule has 0 atom stereocenters. The Labute approximate surface area is 168 Å². The van der Waals surface area contributed by atoms with Gasteiger partial charge in [0.25, 0.3) is 0 Å². The summed E-state index contributed by atoms with van der Waals surface area (Å²) < 4.78 is 0. The van der Waals surface area contributed by atoms with Crippen molar-refractivity contribution in [2.45, 2.75) is 6.92 Å². The van der Waals surface area contributed by atoms with Gasteiger partial charge in [0.1, 0.15) is 6.29 Å². The van der Waals surface area contributed by atoms with Crippen molar-refractivity contribution >= 4 is 24.5 Å². The van der Waals surface area contributed by atoms with Gasteiger partial charge in [0.15, 0.2) is 0 Å². The van der Waals surface area contributed by atoms with Gasteiger partial charge in [-0.1, -0.05) is 25.8 Å². The third-order valence-electron chi connectivity index (χ3n) is 2.90. The normalized spacial score (nSPS) is 8.36. The van der Waals surface area contributed by atoms with Gasteiger partial charge in [-0.25, -0.2) is 0 Å². The molecule has 0 aromatic rings. The molecule has 0 saturated heterocycles. The van der Waals surface area contributed by atoms with E-state index in [-0.39, 0.29) is 11.8 Å². The lowest BCUT2D eigenvalue weighted by atomic mass is 10.4. The second-order valence-corrected chi connectivity index (χ2v) is 5.05. The topological polar surface area (TPSA) is 98.8 Å². The highest BCUT2D eigenvalue weighted by atomic mass is 16.2. The maximum atomic E-state index is 11.7. The van der Waals surface area contributed by atoms with Crippen LogP contribution in [0.1, 0.15) is 6.92 Å². The number of aldehydes is 1. The van der Waals surface area contributed by atoms with Crippen molar-refractivity contribution in [3.8, 4) is 0 Å². The summed E-state index contributed by atoms with van der Waals surface area (Å²) in [5.41, 5.74) is 0. The number of amides is 3. The fourth-order valence-electron chi connectivity index (χ4n) is 1.57. The zero-order valence-corrected chi connectivity index (χ0v) is 17.1. The van der Waals surface area contributed by atoms with Crippen LogP contribution in [0.5, 0.6) is 0 Å². The van der Waals surface area contributed by atoms with Gasteiger partial charge in [-0.3, -0.25) is 19.2 Å². The molecular formula is C20H34N4O4. The highest BCUT2D eigenvalue weighted by Gasteiger charge is 2.11. The van der Waals surface area contributed by atoms with Crippen LogP contribution in [0.3, 0.4) is 0 Å². The molecule has 0 aliphatic rings. The van der Waals surface area contributed by atoms with Crippen molar-refractivity contribution in [2.75, 3.05) is 46.3 Å². The first kappa shape index (κ1) is 29.8. The van der Waals surface area contributed by atoms with E-state index in [1.807, 2.05) is 6.92 Å². The molecule has 0 unspecified atom stereocenters. The first-order chi connectivity index (χ1) is 13.4. The monoisotopic (exact) mass is 394 g/mol. The molecule has 2 N–H and O–H groups in total. The molecule has 0 aliphatic heterocycles. The van der Waals surface area contributed by atoms with Gasteiger partial charge in [-0.2, -0.15) is 0 Å². The Hall–Kier alpha value is -3.00. The Bertz CT molecular complexity index is 487. The van der Waals surface area contributed by atoms with Gasteiger partial charge in [-0.15, -0.1) is 6.58 Å². The molecule has 28 heavy (non-hydrogen) atoms. The largest absolute Gasteiger partial charge is 0.351 e. The molecule has 0 rings (SSSR count). The fraction of sp³-hybridized carbons (Fsp3) is 0.400. The lowest BCUT2D eigenvalue weighted by molar-refractivity contribution is -0.127. The lowest BCUT2D eigenvalue weighted by Gasteiger charge is -2.25. The van der Waals surface area contributed by atoms with Gasteiger partial charge < -0.3 is 20.4 Å². The maximum absolute atomic E-state index is 11.7. The SMILES string of the molecule is C=CC.C=CC(=O)NCCN(C=O)CCN(CCNC)C(=O)C=C.C=CC=O. The summed E-state index contributed by atoms with van der Waals surface area (Å²) in [5.74, 6) is -0.450. The van der Waals surface area contributed by atoms with Crippen LogP contribution in [0.25, 0.3) is 0 Å². The molecule has 0 bridgehead atoms. The van der Waals surface area contributed by atoms with E-state index >= 15 is 0 Å². The van der Waals surface area contributed by atoms with E-state index in [4.69, 9.17) is 4.79 Å². The zero-order chi connectivity index (χ0) is 22.2. The van der Waals surface area contributed by atoms with Crippen LogP contribution in [-0.2, 0) is 19.2 Å². The summed E-state index contributed by atoms with van der Waals surface area (Å²) in [6, 6.07) is 0. The van der Waals surface area contributed by atoms with E-state index in [2.05, 4.69) is 36.9 Å². The van der Waals surface area contributed by atoms with Crippen molar-refractivity contribution in [2.24, 2.45) is 0 Å². The quantitative estimate of drug-likeness (QED) is 0.270. The molecule has 8 heteroatoms. The summed E-state index contributed by atoms with van der Waals surface area (Å²) in [6.07, 6.45) is 6.72. The molecule has 0 radical (unpaired) electrons. The van der Waals surface area contributed by atoms with E-state index in [0.29, 0.717) is 52.0 Å². The summed E-state index contributed by atoms with van der Waals surface area (Å²) >= 11 is 0. The van der Waals surface area contributed by atoms with Crippen molar-refractivity contribution in [1.82, 2.24) is 20.4 Å². The van der Waals surface area contributed by atoms with E-state index < -0.39 is 0 Å². The Kier molecular flexibility index (Phi) is 25.5. The molecule has 0 fully saturated rings. The molecular weight excluding hydrogens is 360 g/mol. The van der Waals surface area contributed by atoms with E-state index in [1.54, 1.807) is 18.0 Å². The first-order valence-corrected chi connectivity index (χ1v) is 8.70.